The maximum atomic E-state index is 5.41. The molecule has 0 radical (unpaired) electrons. The number of hydrogen-bond acceptors (Lipinski definition) is 4. The second kappa shape index (κ2) is 13.8. The topological polar surface area (TPSA) is 56.5 Å². The molecule has 3 N–H and O–H groups in total. The molecule has 0 aliphatic heterocycles. The summed E-state index contributed by atoms with van der Waals surface area (Å²) in [5.41, 5.74) is 5.41. The molecule has 0 saturated carbocycles. The molecule has 0 rings (SSSR count). The van der Waals surface area contributed by atoms with Gasteiger partial charge in [-0.3, -0.25) is 0 Å². The summed E-state index contributed by atoms with van der Waals surface area (Å²) in [6, 6.07) is 0. The highest BCUT2D eigenvalue weighted by molar-refractivity contribution is 4.49. The van der Waals surface area contributed by atoms with Crippen molar-refractivity contribution in [3.05, 3.63) is 0 Å². The fourth-order valence-corrected chi connectivity index (χ4v) is 1.26. The predicted octanol–water partition coefficient (Wildman–Crippen LogP) is 0.758. The van der Waals surface area contributed by atoms with Gasteiger partial charge in [-0.2, -0.15) is 0 Å². The normalized spacial score (nSPS) is 10.8. The average Bonchev–Trinajstić information content (AvgIpc) is 2.26. The van der Waals surface area contributed by atoms with Crippen LogP contribution in [0.25, 0.3) is 0 Å². The minimum atomic E-state index is 0.680. The van der Waals surface area contributed by atoms with Crippen molar-refractivity contribution in [2.75, 3.05) is 46.6 Å². The molecule has 15 heavy (non-hydrogen) atoms. The van der Waals surface area contributed by atoms with Gasteiger partial charge in [0, 0.05) is 13.7 Å². The standard InChI is InChI=1S/C11H26N2O2/c1-14-10-11-15-9-8-13-7-5-3-2-4-6-12/h13H,2-12H2,1H3. The lowest BCUT2D eigenvalue weighted by Gasteiger charge is -2.05. The Morgan fingerprint density at radius 2 is 1.73 bits per heavy atom. The van der Waals surface area contributed by atoms with Crippen molar-refractivity contribution in [3.8, 4) is 0 Å². The highest BCUT2D eigenvalue weighted by Crippen LogP contribution is 1.96. The number of nitrogens with one attached hydrogen (secondary N) is 1. The summed E-state index contributed by atoms with van der Waals surface area (Å²) in [6.07, 6.45) is 4.91. The van der Waals surface area contributed by atoms with Gasteiger partial charge in [0.05, 0.1) is 19.8 Å². The summed E-state index contributed by atoms with van der Waals surface area (Å²) in [6.45, 7) is 4.97. The number of rotatable bonds is 12. The van der Waals surface area contributed by atoms with E-state index in [1.807, 2.05) is 0 Å². The first kappa shape index (κ1) is 14.8. The van der Waals surface area contributed by atoms with E-state index in [1.165, 1.54) is 19.3 Å². The van der Waals surface area contributed by atoms with Crippen molar-refractivity contribution in [1.29, 1.82) is 0 Å². The largest absolute Gasteiger partial charge is 0.382 e. The molecule has 4 nitrogen and oxygen atoms in total. The molecule has 4 heteroatoms. The SMILES string of the molecule is COCCOCCNCCCCCCN. The molecule has 0 bridgehead atoms. The first-order chi connectivity index (χ1) is 7.41. The third kappa shape index (κ3) is 13.8. The Labute approximate surface area is 93.5 Å². The number of methoxy groups -OCH3 is 1. The molecule has 0 aliphatic rings. The van der Waals surface area contributed by atoms with E-state index in [2.05, 4.69) is 5.32 Å². The Hall–Kier alpha value is -0.160. The lowest BCUT2D eigenvalue weighted by atomic mass is 10.2. The molecule has 0 amide bonds. The Morgan fingerprint density at radius 1 is 0.933 bits per heavy atom. The summed E-state index contributed by atoms with van der Waals surface area (Å²) < 4.78 is 10.2. The van der Waals surface area contributed by atoms with Gasteiger partial charge in [0.25, 0.3) is 0 Å². The predicted molar refractivity (Wildman–Crippen MR) is 63.1 cm³/mol. The zero-order valence-corrected chi connectivity index (χ0v) is 9.96. The van der Waals surface area contributed by atoms with Crippen molar-refractivity contribution in [1.82, 2.24) is 5.32 Å². The van der Waals surface area contributed by atoms with Gasteiger partial charge < -0.3 is 20.5 Å². The van der Waals surface area contributed by atoms with Crippen LogP contribution in [0.1, 0.15) is 25.7 Å². The van der Waals surface area contributed by atoms with Gasteiger partial charge in [0.1, 0.15) is 0 Å². The van der Waals surface area contributed by atoms with E-state index in [4.69, 9.17) is 15.2 Å². The Balaban J connectivity index is 2.81. The van der Waals surface area contributed by atoms with Crippen LogP contribution >= 0.6 is 0 Å². The molecule has 0 aromatic heterocycles. The van der Waals surface area contributed by atoms with Crippen LogP contribution in [0.15, 0.2) is 0 Å². The molecular weight excluding hydrogens is 192 g/mol. The maximum absolute atomic E-state index is 5.41. The highest BCUT2D eigenvalue weighted by atomic mass is 16.5. The van der Waals surface area contributed by atoms with Gasteiger partial charge in [-0.1, -0.05) is 12.8 Å². The third-order valence-electron chi connectivity index (χ3n) is 2.16. The van der Waals surface area contributed by atoms with E-state index in [0.717, 1.165) is 32.7 Å². The Kier molecular flexibility index (Phi) is 13.7. The van der Waals surface area contributed by atoms with Gasteiger partial charge in [0.2, 0.25) is 0 Å². The lowest BCUT2D eigenvalue weighted by Crippen LogP contribution is -2.21. The summed E-state index contributed by atoms with van der Waals surface area (Å²) in [7, 11) is 1.68. The first-order valence-corrected chi connectivity index (χ1v) is 5.89. The minimum Gasteiger partial charge on any atom is -0.382 e. The zero-order chi connectivity index (χ0) is 11.2. The first-order valence-electron chi connectivity index (χ1n) is 5.89. The number of hydrogen-bond donors (Lipinski definition) is 2. The van der Waals surface area contributed by atoms with Crippen molar-refractivity contribution in [2.24, 2.45) is 5.73 Å². The van der Waals surface area contributed by atoms with Crippen LogP contribution in [0.3, 0.4) is 0 Å². The van der Waals surface area contributed by atoms with Crippen LogP contribution < -0.4 is 11.1 Å². The summed E-state index contributed by atoms with van der Waals surface area (Å²) in [4.78, 5) is 0. The van der Waals surface area contributed by atoms with E-state index in [9.17, 15) is 0 Å². The second-order valence-corrected chi connectivity index (χ2v) is 3.56. The van der Waals surface area contributed by atoms with E-state index in [-0.39, 0.29) is 0 Å². The van der Waals surface area contributed by atoms with Gasteiger partial charge in [-0.05, 0) is 25.9 Å². The van der Waals surface area contributed by atoms with Gasteiger partial charge in [0.15, 0.2) is 0 Å². The number of unbranched alkanes of at least 4 members (excludes halogenated alkanes) is 3. The summed E-state index contributed by atoms with van der Waals surface area (Å²) in [5, 5.41) is 3.34. The monoisotopic (exact) mass is 218 g/mol. The second-order valence-electron chi connectivity index (χ2n) is 3.56. The fourth-order valence-electron chi connectivity index (χ4n) is 1.26. The quantitative estimate of drug-likeness (QED) is 0.475. The average molecular weight is 218 g/mol. The fraction of sp³-hybridized carbons (Fsp3) is 1.00. The third-order valence-corrected chi connectivity index (χ3v) is 2.16. The molecule has 0 atom stereocenters. The summed E-state index contributed by atoms with van der Waals surface area (Å²) in [5.74, 6) is 0. The molecule has 92 valence electrons. The molecule has 0 spiro atoms. The van der Waals surface area contributed by atoms with Crippen LogP contribution in [0.4, 0.5) is 0 Å². The van der Waals surface area contributed by atoms with Crippen LogP contribution in [-0.4, -0.2) is 46.6 Å². The molecule has 0 fully saturated rings. The smallest absolute Gasteiger partial charge is 0.0700 e. The Morgan fingerprint density at radius 3 is 2.47 bits per heavy atom. The van der Waals surface area contributed by atoms with E-state index in [0.29, 0.717) is 13.2 Å². The van der Waals surface area contributed by atoms with Crippen LogP contribution in [0.2, 0.25) is 0 Å². The molecule has 0 aliphatic carbocycles. The molecular formula is C11H26N2O2. The van der Waals surface area contributed by atoms with Gasteiger partial charge >= 0.3 is 0 Å². The van der Waals surface area contributed by atoms with Crippen molar-refractivity contribution in [3.63, 3.8) is 0 Å². The molecule has 0 unspecified atom stereocenters. The van der Waals surface area contributed by atoms with Crippen LogP contribution in [0.5, 0.6) is 0 Å². The zero-order valence-electron chi connectivity index (χ0n) is 9.96. The van der Waals surface area contributed by atoms with Crippen LogP contribution in [0, 0.1) is 0 Å². The van der Waals surface area contributed by atoms with Crippen molar-refractivity contribution in [2.45, 2.75) is 25.7 Å². The maximum Gasteiger partial charge on any atom is 0.0700 e. The molecule has 0 aromatic rings. The van der Waals surface area contributed by atoms with Crippen molar-refractivity contribution < 1.29 is 9.47 Å². The molecule has 0 saturated heterocycles. The van der Waals surface area contributed by atoms with Crippen LogP contribution in [-0.2, 0) is 9.47 Å². The van der Waals surface area contributed by atoms with E-state index in [1.54, 1.807) is 7.11 Å². The number of nitrogens with two attached hydrogens (primary N) is 1. The number of ether oxygens (including phenoxy) is 2. The minimum absolute atomic E-state index is 0.680. The highest BCUT2D eigenvalue weighted by Gasteiger charge is 1.90. The molecule has 0 heterocycles. The lowest BCUT2D eigenvalue weighted by molar-refractivity contribution is 0.0720. The Bertz CT molecular complexity index is 101. The van der Waals surface area contributed by atoms with E-state index >= 15 is 0 Å². The molecule has 0 aromatic carbocycles. The van der Waals surface area contributed by atoms with Gasteiger partial charge in [-0.15, -0.1) is 0 Å². The van der Waals surface area contributed by atoms with Gasteiger partial charge in [-0.25, -0.2) is 0 Å². The van der Waals surface area contributed by atoms with E-state index < -0.39 is 0 Å². The van der Waals surface area contributed by atoms with Crippen molar-refractivity contribution >= 4 is 0 Å². The summed E-state index contributed by atoms with van der Waals surface area (Å²) >= 11 is 0.